The van der Waals surface area contributed by atoms with E-state index in [-0.39, 0.29) is 6.04 Å². The Morgan fingerprint density at radius 1 is 1.20 bits per heavy atom. The van der Waals surface area contributed by atoms with Gasteiger partial charge in [-0.1, -0.05) is 13.0 Å². The number of rotatable bonds is 7. The fourth-order valence-corrected chi connectivity index (χ4v) is 3.14. The van der Waals surface area contributed by atoms with Crippen molar-refractivity contribution in [2.75, 3.05) is 20.8 Å². The fraction of sp³-hybridized carbons (Fsp3) is 0.556. The molecule has 0 saturated carbocycles. The quantitative estimate of drug-likeness (QED) is 0.795. The van der Waals surface area contributed by atoms with E-state index in [1.807, 2.05) is 12.1 Å². The second-order valence-electron chi connectivity index (χ2n) is 6.43. The third-order valence-corrected chi connectivity index (χ3v) is 4.96. The maximum absolute atomic E-state index is 5.41. The zero-order valence-corrected chi connectivity index (χ0v) is 15.4. The number of hydrogen-bond acceptors (Lipinski definition) is 6. The molecule has 2 unspecified atom stereocenters. The van der Waals surface area contributed by atoms with Crippen molar-refractivity contribution in [2.24, 2.45) is 0 Å². The maximum Gasteiger partial charge on any atom is 0.160 e. The fourth-order valence-electron chi connectivity index (χ4n) is 3.14. The summed E-state index contributed by atoms with van der Waals surface area (Å²) in [6, 6.07) is 6.38. The lowest BCUT2D eigenvalue weighted by atomic mass is 9.94. The molecule has 3 rings (SSSR count). The Kier molecular flexibility index (Phi) is 5.55. The van der Waals surface area contributed by atoms with Crippen LogP contribution in [0.2, 0.25) is 0 Å². The van der Waals surface area contributed by atoms with Crippen molar-refractivity contribution in [3.8, 4) is 11.5 Å². The van der Waals surface area contributed by atoms with Crippen LogP contribution in [0.25, 0.3) is 0 Å². The van der Waals surface area contributed by atoms with Crippen LogP contribution in [0.4, 0.5) is 0 Å². The summed E-state index contributed by atoms with van der Waals surface area (Å²) in [5, 5.41) is 15.5. The Morgan fingerprint density at radius 3 is 2.76 bits per heavy atom. The van der Waals surface area contributed by atoms with Crippen molar-refractivity contribution < 1.29 is 9.47 Å². The maximum atomic E-state index is 5.41. The van der Waals surface area contributed by atoms with Crippen LogP contribution in [0.15, 0.2) is 18.2 Å². The van der Waals surface area contributed by atoms with Gasteiger partial charge in [0, 0.05) is 19.1 Å². The molecule has 1 aliphatic heterocycles. The summed E-state index contributed by atoms with van der Waals surface area (Å²) in [6.45, 7) is 7.81. The largest absolute Gasteiger partial charge is 0.493 e. The average Bonchev–Trinajstić information content (AvgIpc) is 3.08. The van der Waals surface area contributed by atoms with E-state index < -0.39 is 0 Å². The minimum Gasteiger partial charge on any atom is -0.493 e. The van der Waals surface area contributed by atoms with E-state index in [9.17, 15) is 0 Å². The van der Waals surface area contributed by atoms with E-state index in [2.05, 4.69) is 45.3 Å². The zero-order valence-electron chi connectivity index (χ0n) is 15.4. The summed E-state index contributed by atoms with van der Waals surface area (Å²) in [5.74, 6) is 3.86. The third kappa shape index (κ3) is 3.77. The molecule has 25 heavy (non-hydrogen) atoms. The number of methoxy groups -OCH3 is 2. The van der Waals surface area contributed by atoms with Crippen LogP contribution < -0.4 is 20.1 Å². The minimum absolute atomic E-state index is 0.285. The van der Waals surface area contributed by atoms with Crippen molar-refractivity contribution in [1.29, 1.82) is 0 Å². The monoisotopic (exact) mass is 345 g/mol. The predicted octanol–water partition coefficient (Wildman–Crippen LogP) is 1.68. The Labute approximate surface area is 148 Å². The Balaban J connectivity index is 1.65. The lowest BCUT2D eigenvalue weighted by Gasteiger charge is -2.23. The van der Waals surface area contributed by atoms with Crippen molar-refractivity contribution in [3.05, 3.63) is 35.4 Å². The lowest BCUT2D eigenvalue weighted by molar-refractivity contribution is 0.353. The summed E-state index contributed by atoms with van der Waals surface area (Å²) in [6.07, 6.45) is 0. The van der Waals surface area contributed by atoms with Gasteiger partial charge < -0.3 is 24.7 Å². The summed E-state index contributed by atoms with van der Waals surface area (Å²) < 4.78 is 12.9. The van der Waals surface area contributed by atoms with Gasteiger partial charge in [-0.15, -0.1) is 10.2 Å². The molecule has 7 heteroatoms. The molecule has 0 saturated heterocycles. The number of fused-ring (bicyclic) bond motifs is 1. The highest BCUT2D eigenvalue weighted by molar-refractivity contribution is 5.44. The first kappa shape index (κ1) is 17.7. The van der Waals surface area contributed by atoms with E-state index in [0.29, 0.717) is 12.5 Å². The highest BCUT2D eigenvalue weighted by Gasteiger charge is 2.19. The average molecular weight is 345 g/mol. The van der Waals surface area contributed by atoms with Crippen LogP contribution in [-0.4, -0.2) is 41.6 Å². The highest BCUT2D eigenvalue weighted by Crippen LogP contribution is 2.31. The van der Waals surface area contributed by atoms with Gasteiger partial charge in [0.25, 0.3) is 0 Å². The van der Waals surface area contributed by atoms with Gasteiger partial charge in [-0.05, 0) is 30.5 Å². The van der Waals surface area contributed by atoms with Crippen LogP contribution in [0.3, 0.4) is 0 Å². The molecular formula is C18H27N5O2. The first-order valence-electron chi connectivity index (χ1n) is 8.71. The van der Waals surface area contributed by atoms with Gasteiger partial charge in [-0.3, -0.25) is 0 Å². The van der Waals surface area contributed by atoms with Crippen LogP contribution in [0, 0.1) is 0 Å². The standard InChI is InChI=1S/C18H27N5O2/c1-12(14-5-6-15(24-3)16(9-14)25-4)13(2)20-11-18-22-21-17-10-19-7-8-23(17)18/h5-6,9,12-13,19-20H,7-8,10-11H2,1-4H3. The minimum atomic E-state index is 0.285. The van der Waals surface area contributed by atoms with Gasteiger partial charge in [0.15, 0.2) is 11.5 Å². The van der Waals surface area contributed by atoms with Gasteiger partial charge in [-0.2, -0.15) is 0 Å². The predicted molar refractivity (Wildman–Crippen MR) is 96.0 cm³/mol. The number of ether oxygens (including phenoxy) is 2. The van der Waals surface area contributed by atoms with E-state index in [1.165, 1.54) is 5.56 Å². The molecule has 2 aromatic rings. The van der Waals surface area contributed by atoms with Crippen LogP contribution in [0.5, 0.6) is 11.5 Å². The smallest absolute Gasteiger partial charge is 0.160 e. The Bertz CT molecular complexity index is 715. The molecule has 2 N–H and O–H groups in total. The molecule has 2 heterocycles. The molecular weight excluding hydrogens is 318 g/mol. The molecule has 0 amide bonds. The molecule has 136 valence electrons. The third-order valence-electron chi connectivity index (χ3n) is 4.96. The Hall–Kier alpha value is -2.12. The van der Waals surface area contributed by atoms with Crippen molar-refractivity contribution in [2.45, 2.75) is 45.4 Å². The number of aromatic nitrogens is 3. The zero-order chi connectivity index (χ0) is 17.8. The van der Waals surface area contributed by atoms with Crippen molar-refractivity contribution in [3.63, 3.8) is 0 Å². The molecule has 1 aliphatic rings. The number of nitrogens with one attached hydrogen (secondary N) is 2. The van der Waals surface area contributed by atoms with Gasteiger partial charge in [0.2, 0.25) is 0 Å². The van der Waals surface area contributed by atoms with Gasteiger partial charge in [-0.25, -0.2) is 0 Å². The molecule has 1 aromatic carbocycles. The molecule has 0 spiro atoms. The van der Waals surface area contributed by atoms with E-state index >= 15 is 0 Å². The molecule has 7 nitrogen and oxygen atoms in total. The lowest BCUT2D eigenvalue weighted by Crippen LogP contribution is -2.33. The molecule has 1 aromatic heterocycles. The Morgan fingerprint density at radius 2 is 2.00 bits per heavy atom. The first-order valence-corrected chi connectivity index (χ1v) is 8.71. The van der Waals surface area contributed by atoms with Crippen molar-refractivity contribution >= 4 is 0 Å². The molecule has 0 fully saturated rings. The second-order valence-corrected chi connectivity index (χ2v) is 6.43. The van der Waals surface area contributed by atoms with Crippen LogP contribution >= 0.6 is 0 Å². The molecule has 0 radical (unpaired) electrons. The van der Waals surface area contributed by atoms with E-state index in [1.54, 1.807) is 14.2 Å². The van der Waals surface area contributed by atoms with Gasteiger partial charge >= 0.3 is 0 Å². The second kappa shape index (κ2) is 7.84. The normalized spacial score (nSPS) is 16.2. The topological polar surface area (TPSA) is 73.2 Å². The summed E-state index contributed by atoms with van der Waals surface area (Å²) in [7, 11) is 3.32. The first-order chi connectivity index (χ1) is 12.1. The van der Waals surface area contributed by atoms with Crippen molar-refractivity contribution in [1.82, 2.24) is 25.4 Å². The molecule has 0 bridgehead atoms. The van der Waals surface area contributed by atoms with Gasteiger partial charge in [0.05, 0.1) is 27.3 Å². The van der Waals surface area contributed by atoms with Crippen LogP contribution in [-0.2, 0) is 19.6 Å². The summed E-state index contributed by atoms with van der Waals surface area (Å²) >= 11 is 0. The van der Waals surface area contributed by atoms with Gasteiger partial charge in [0.1, 0.15) is 11.6 Å². The molecule has 2 atom stereocenters. The number of hydrogen-bond donors (Lipinski definition) is 2. The summed E-state index contributed by atoms with van der Waals surface area (Å²) in [4.78, 5) is 0. The number of nitrogens with zero attached hydrogens (tertiary/aromatic N) is 3. The number of benzene rings is 1. The van der Waals surface area contributed by atoms with E-state index in [4.69, 9.17) is 9.47 Å². The van der Waals surface area contributed by atoms with Crippen LogP contribution in [0.1, 0.15) is 37.0 Å². The SMILES string of the molecule is COc1ccc(C(C)C(C)NCc2nnc3n2CCNC3)cc1OC. The van der Waals surface area contributed by atoms with E-state index in [0.717, 1.165) is 42.8 Å². The summed E-state index contributed by atoms with van der Waals surface area (Å²) in [5.41, 5.74) is 1.21. The molecule has 0 aliphatic carbocycles. The highest BCUT2D eigenvalue weighted by atomic mass is 16.5.